The maximum Gasteiger partial charge on any atom is 0.0457 e. The highest BCUT2D eigenvalue weighted by molar-refractivity contribution is 5.83. The molecule has 1 heterocycles. The molecule has 0 aliphatic heterocycles. The van der Waals surface area contributed by atoms with Gasteiger partial charge >= 0.3 is 0 Å². The number of nitrogens with two attached hydrogens (primary N) is 2. The second-order valence-corrected chi connectivity index (χ2v) is 5.19. The fraction of sp³-hybridized carbons (Fsp3) is 0.429. The number of fused-ring (bicyclic) bond motifs is 1. The normalized spacial score (nSPS) is 20.1. The molecule has 1 aliphatic rings. The van der Waals surface area contributed by atoms with Gasteiger partial charge in [0.2, 0.25) is 0 Å². The van der Waals surface area contributed by atoms with Crippen molar-refractivity contribution in [3.05, 3.63) is 36.0 Å². The number of hydrogen-bond donors (Lipinski definition) is 3. The average Bonchev–Trinajstić information content (AvgIpc) is 2.71. The van der Waals surface area contributed by atoms with Gasteiger partial charge in [0.05, 0.1) is 0 Å². The maximum atomic E-state index is 6.46. The van der Waals surface area contributed by atoms with Crippen LogP contribution in [-0.2, 0) is 0 Å². The molecule has 0 amide bonds. The van der Waals surface area contributed by atoms with Crippen molar-refractivity contribution >= 4 is 10.9 Å². The molecule has 0 bridgehead atoms. The lowest BCUT2D eigenvalue weighted by molar-refractivity contribution is 0.105. The molecule has 1 aromatic heterocycles. The fourth-order valence-corrected chi connectivity index (χ4v) is 2.95. The smallest absolute Gasteiger partial charge is 0.0457 e. The van der Waals surface area contributed by atoms with Crippen LogP contribution in [0.2, 0.25) is 0 Å². The molecule has 0 radical (unpaired) electrons. The van der Waals surface area contributed by atoms with Crippen LogP contribution in [0.5, 0.6) is 0 Å². The van der Waals surface area contributed by atoms with E-state index in [1.807, 2.05) is 12.3 Å². The Morgan fingerprint density at radius 3 is 2.71 bits per heavy atom. The van der Waals surface area contributed by atoms with Gasteiger partial charge in [-0.25, -0.2) is 0 Å². The van der Waals surface area contributed by atoms with Gasteiger partial charge in [-0.3, -0.25) is 0 Å². The number of H-pyrrole nitrogens is 1. The largest absolute Gasteiger partial charge is 0.361 e. The lowest BCUT2D eigenvalue weighted by Gasteiger charge is -2.45. The van der Waals surface area contributed by atoms with Crippen LogP contribution in [0.25, 0.3) is 10.9 Å². The molecule has 1 atom stereocenters. The van der Waals surface area contributed by atoms with Crippen molar-refractivity contribution in [1.82, 2.24) is 4.98 Å². The highest BCUT2D eigenvalue weighted by Gasteiger charge is 2.42. The molecule has 1 fully saturated rings. The summed E-state index contributed by atoms with van der Waals surface area (Å²) in [6, 6.07) is 8.36. The summed E-state index contributed by atoms with van der Waals surface area (Å²) in [5, 5.41) is 1.24. The Hall–Kier alpha value is -1.32. The van der Waals surface area contributed by atoms with E-state index in [4.69, 9.17) is 11.5 Å². The number of hydrogen-bond acceptors (Lipinski definition) is 2. The number of rotatable bonds is 3. The van der Waals surface area contributed by atoms with E-state index in [0.29, 0.717) is 6.54 Å². The lowest BCUT2D eigenvalue weighted by Crippen LogP contribution is -2.46. The van der Waals surface area contributed by atoms with E-state index in [9.17, 15) is 0 Å². The van der Waals surface area contributed by atoms with Gasteiger partial charge < -0.3 is 16.5 Å². The van der Waals surface area contributed by atoms with Crippen molar-refractivity contribution in [3.63, 3.8) is 0 Å². The minimum atomic E-state index is 0.0531. The summed E-state index contributed by atoms with van der Waals surface area (Å²) in [5.74, 6) is 0. The van der Waals surface area contributed by atoms with Gasteiger partial charge in [-0.1, -0.05) is 24.6 Å². The molecule has 2 aromatic rings. The first-order valence-corrected chi connectivity index (χ1v) is 6.28. The highest BCUT2D eigenvalue weighted by Crippen LogP contribution is 2.49. The van der Waals surface area contributed by atoms with E-state index >= 15 is 0 Å². The number of nitrogens with one attached hydrogen (secondary N) is 1. The van der Waals surface area contributed by atoms with Crippen LogP contribution in [0.15, 0.2) is 30.5 Å². The van der Waals surface area contributed by atoms with E-state index in [-0.39, 0.29) is 11.5 Å². The third-order valence-corrected chi connectivity index (χ3v) is 4.37. The Morgan fingerprint density at radius 1 is 1.29 bits per heavy atom. The zero-order valence-electron chi connectivity index (χ0n) is 9.95. The molecule has 0 spiro atoms. The van der Waals surface area contributed by atoms with E-state index in [1.54, 1.807) is 0 Å². The van der Waals surface area contributed by atoms with Crippen LogP contribution < -0.4 is 11.5 Å². The van der Waals surface area contributed by atoms with Gasteiger partial charge in [0.25, 0.3) is 0 Å². The molecule has 5 N–H and O–H groups in total. The quantitative estimate of drug-likeness (QED) is 0.756. The Kier molecular flexibility index (Phi) is 2.45. The summed E-state index contributed by atoms with van der Waals surface area (Å²) in [5.41, 5.74) is 14.9. The Balaban J connectivity index is 2.03. The predicted octanol–water partition coefficient (Wildman–Crippen LogP) is 2.30. The van der Waals surface area contributed by atoms with Gasteiger partial charge in [-0.2, -0.15) is 0 Å². The molecule has 1 aliphatic carbocycles. The highest BCUT2D eigenvalue weighted by atomic mass is 14.8. The van der Waals surface area contributed by atoms with Crippen LogP contribution >= 0.6 is 0 Å². The average molecular weight is 229 g/mol. The monoisotopic (exact) mass is 229 g/mol. The molecule has 3 nitrogen and oxygen atoms in total. The molecule has 1 saturated carbocycles. The first-order valence-electron chi connectivity index (χ1n) is 6.28. The fourth-order valence-electron chi connectivity index (χ4n) is 2.95. The molecular formula is C14H19N3. The van der Waals surface area contributed by atoms with Crippen LogP contribution in [0.4, 0.5) is 0 Å². The number of benzene rings is 1. The molecule has 3 rings (SSSR count). The molecule has 90 valence electrons. The zero-order chi connectivity index (χ0) is 11.9. The predicted molar refractivity (Wildman–Crippen MR) is 70.6 cm³/mol. The van der Waals surface area contributed by atoms with Crippen LogP contribution in [0.1, 0.15) is 30.9 Å². The van der Waals surface area contributed by atoms with E-state index in [1.165, 1.54) is 17.4 Å². The molecular weight excluding hydrogens is 210 g/mol. The van der Waals surface area contributed by atoms with E-state index < -0.39 is 0 Å². The topological polar surface area (TPSA) is 67.8 Å². The van der Waals surface area contributed by atoms with E-state index in [0.717, 1.165) is 18.4 Å². The summed E-state index contributed by atoms with van der Waals surface area (Å²) < 4.78 is 0. The second kappa shape index (κ2) is 3.86. The Bertz CT molecular complexity index is 519. The van der Waals surface area contributed by atoms with Crippen LogP contribution in [0.3, 0.4) is 0 Å². The van der Waals surface area contributed by atoms with Crippen molar-refractivity contribution in [1.29, 1.82) is 0 Å². The lowest BCUT2D eigenvalue weighted by atomic mass is 9.62. The first kappa shape index (κ1) is 10.8. The third kappa shape index (κ3) is 1.50. The van der Waals surface area contributed by atoms with Gasteiger partial charge in [0, 0.05) is 28.6 Å². The van der Waals surface area contributed by atoms with Gasteiger partial charge in [0.1, 0.15) is 0 Å². The minimum Gasteiger partial charge on any atom is -0.361 e. The van der Waals surface area contributed by atoms with Gasteiger partial charge in [-0.15, -0.1) is 0 Å². The molecule has 3 heteroatoms. The van der Waals surface area contributed by atoms with E-state index in [2.05, 4.69) is 23.2 Å². The summed E-state index contributed by atoms with van der Waals surface area (Å²) in [4.78, 5) is 3.29. The summed E-state index contributed by atoms with van der Waals surface area (Å²) in [6.07, 6.45) is 5.62. The van der Waals surface area contributed by atoms with Gasteiger partial charge in [0.15, 0.2) is 0 Å². The summed E-state index contributed by atoms with van der Waals surface area (Å²) >= 11 is 0. The standard InChI is InChI=1S/C14H19N3/c15-9-14(6-3-7-14)13(16)11-8-17-12-5-2-1-4-10(11)12/h1-2,4-5,8,13,17H,3,6-7,9,15-16H2. The Morgan fingerprint density at radius 2 is 2.06 bits per heavy atom. The molecule has 1 aromatic carbocycles. The van der Waals surface area contributed by atoms with Crippen molar-refractivity contribution < 1.29 is 0 Å². The number of para-hydroxylation sites is 1. The van der Waals surface area contributed by atoms with Crippen LogP contribution in [-0.4, -0.2) is 11.5 Å². The van der Waals surface area contributed by atoms with Gasteiger partial charge in [-0.05, 0) is 31.0 Å². The SMILES string of the molecule is NCC1(C(N)c2c[nH]c3ccccc23)CCC1. The second-order valence-electron chi connectivity index (χ2n) is 5.19. The van der Waals surface area contributed by atoms with Crippen molar-refractivity contribution in [2.45, 2.75) is 25.3 Å². The van der Waals surface area contributed by atoms with Crippen molar-refractivity contribution in [3.8, 4) is 0 Å². The molecule has 1 unspecified atom stereocenters. The number of aromatic amines is 1. The number of aromatic nitrogens is 1. The molecule has 0 saturated heterocycles. The third-order valence-electron chi connectivity index (χ3n) is 4.37. The zero-order valence-corrected chi connectivity index (χ0v) is 9.95. The maximum absolute atomic E-state index is 6.46. The summed E-state index contributed by atoms with van der Waals surface area (Å²) in [7, 11) is 0. The van der Waals surface area contributed by atoms with Crippen molar-refractivity contribution in [2.24, 2.45) is 16.9 Å². The van der Waals surface area contributed by atoms with Crippen LogP contribution in [0, 0.1) is 5.41 Å². The first-order chi connectivity index (χ1) is 8.27. The minimum absolute atomic E-state index is 0.0531. The molecule has 17 heavy (non-hydrogen) atoms. The summed E-state index contributed by atoms with van der Waals surface area (Å²) in [6.45, 7) is 0.688. The van der Waals surface area contributed by atoms with Crippen molar-refractivity contribution in [2.75, 3.05) is 6.54 Å². The Labute approximate surface area is 101 Å².